The third kappa shape index (κ3) is 6.48. The first-order valence-electron chi connectivity index (χ1n) is 10.7. The van der Waals surface area contributed by atoms with Crippen LogP contribution in [0.4, 0.5) is 4.39 Å². The lowest BCUT2D eigenvalue weighted by atomic mass is 10.2. The summed E-state index contributed by atoms with van der Waals surface area (Å²) in [5.74, 6) is 1.24. The highest BCUT2D eigenvalue weighted by Crippen LogP contribution is 2.29. The Morgan fingerprint density at radius 2 is 1.65 bits per heavy atom. The fraction of sp³-hybridized carbons (Fsp3) is 0.231. The Labute approximate surface area is 198 Å². The molecule has 178 valence electrons. The van der Waals surface area contributed by atoms with E-state index in [0.717, 1.165) is 6.42 Å². The van der Waals surface area contributed by atoms with E-state index >= 15 is 0 Å². The van der Waals surface area contributed by atoms with E-state index in [-0.39, 0.29) is 12.4 Å². The summed E-state index contributed by atoms with van der Waals surface area (Å²) in [6.07, 6.45) is 2.35. The lowest BCUT2D eigenvalue weighted by Gasteiger charge is -2.12. The molecule has 0 aliphatic rings. The van der Waals surface area contributed by atoms with Crippen LogP contribution in [-0.2, 0) is 6.61 Å². The van der Waals surface area contributed by atoms with Gasteiger partial charge in [-0.05, 0) is 54.4 Å². The molecule has 0 aliphatic heterocycles. The predicted molar refractivity (Wildman–Crippen MR) is 128 cm³/mol. The average molecular weight is 467 g/mol. The van der Waals surface area contributed by atoms with Crippen molar-refractivity contribution in [2.24, 2.45) is 5.10 Å². The zero-order valence-electron chi connectivity index (χ0n) is 19.3. The molecule has 3 aromatic rings. The molecule has 0 aromatic heterocycles. The number of methoxy groups -OCH3 is 2. The lowest BCUT2D eigenvalue weighted by molar-refractivity contribution is 0.0954. The van der Waals surface area contributed by atoms with Crippen molar-refractivity contribution in [1.82, 2.24) is 5.43 Å². The molecule has 0 spiro atoms. The minimum Gasteiger partial charge on any atom is -0.493 e. The van der Waals surface area contributed by atoms with Gasteiger partial charge in [0, 0.05) is 11.1 Å². The second-order valence-electron chi connectivity index (χ2n) is 7.20. The van der Waals surface area contributed by atoms with Crippen LogP contribution >= 0.6 is 0 Å². The van der Waals surface area contributed by atoms with Crippen molar-refractivity contribution < 1.29 is 28.1 Å². The van der Waals surface area contributed by atoms with Crippen LogP contribution in [0.15, 0.2) is 65.8 Å². The highest BCUT2D eigenvalue weighted by atomic mass is 19.1. The number of nitrogens with zero attached hydrogens (tertiary/aromatic N) is 1. The van der Waals surface area contributed by atoms with Crippen molar-refractivity contribution in [3.05, 3.63) is 83.2 Å². The second kappa shape index (κ2) is 12.2. The van der Waals surface area contributed by atoms with Gasteiger partial charge in [-0.3, -0.25) is 4.79 Å². The molecule has 0 saturated heterocycles. The number of benzene rings is 3. The van der Waals surface area contributed by atoms with Crippen LogP contribution < -0.4 is 24.4 Å². The molecular weight excluding hydrogens is 439 g/mol. The number of hydrogen-bond donors (Lipinski definition) is 1. The van der Waals surface area contributed by atoms with E-state index < -0.39 is 5.91 Å². The van der Waals surface area contributed by atoms with Gasteiger partial charge in [0.1, 0.15) is 12.4 Å². The van der Waals surface area contributed by atoms with Crippen molar-refractivity contribution >= 4 is 12.1 Å². The first-order chi connectivity index (χ1) is 16.5. The molecule has 0 radical (unpaired) electrons. The van der Waals surface area contributed by atoms with Gasteiger partial charge >= 0.3 is 0 Å². The van der Waals surface area contributed by atoms with Crippen LogP contribution in [-0.4, -0.2) is 32.9 Å². The topological polar surface area (TPSA) is 78.4 Å². The third-order valence-electron chi connectivity index (χ3n) is 4.80. The number of halogens is 1. The van der Waals surface area contributed by atoms with E-state index in [4.69, 9.17) is 18.9 Å². The molecule has 0 bridgehead atoms. The van der Waals surface area contributed by atoms with Gasteiger partial charge in [-0.25, -0.2) is 9.82 Å². The van der Waals surface area contributed by atoms with Crippen LogP contribution in [0.5, 0.6) is 23.0 Å². The van der Waals surface area contributed by atoms with Crippen LogP contribution in [0.1, 0.15) is 34.8 Å². The Hall–Kier alpha value is -4.07. The van der Waals surface area contributed by atoms with Crippen molar-refractivity contribution in [2.75, 3.05) is 20.8 Å². The fourth-order valence-electron chi connectivity index (χ4n) is 3.02. The number of nitrogens with one attached hydrogen (secondary N) is 1. The number of carbonyl (C=O) groups excluding carboxylic acids is 1. The molecule has 0 unspecified atom stereocenters. The van der Waals surface area contributed by atoms with Crippen molar-refractivity contribution in [3.63, 3.8) is 0 Å². The summed E-state index contributed by atoms with van der Waals surface area (Å²) in [6.45, 7) is 2.63. The Bertz CT molecular complexity index is 1150. The van der Waals surface area contributed by atoms with Gasteiger partial charge < -0.3 is 18.9 Å². The van der Waals surface area contributed by atoms with Crippen LogP contribution in [0, 0.1) is 5.82 Å². The van der Waals surface area contributed by atoms with Gasteiger partial charge in [0.05, 0.1) is 27.0 Å². The molecule has 34 heavy (non-hydrogen) atoms. The Morgan fingerprint density at radius 3 is 2.38 bits per heavy atom. The molecule has 7 nitrogen and oxygen atoms in total. The van der Waals surface area contributed by atoms with Crippen molar-refractivity contribution in [2.45, 2.75) is 20.0 Å². The molecule has 8 heteroatoms. The first kappa shape index (κ1) is 24.6. The van der Waals surface area contributed by atoms with E-state index in [2.05, 4.69) is 10.5 Å². The molecule has 1 N–H and O–H groups in total. The summed E-state index contributed by atoms with van der Waals surface area (Å²) in [5.41, 5.74) is 3.99. The zero-order valence-corrected chi connectivity index (χ0v) is 19.3. The maximum absolute atomic E-state index is 13.8. The summed E-state index contributed by atoms with van der Waals surface area (Å²) in [7, 11) is 3.03. The quantitative estimate of drug-likeness (QED) is 0.319. The number of hydrogen-bond acceptors (Lipinski definition) is 6. The van der Waals surface area contributed by atoms with Crippen LogP contribution in [0.3, 0.4) is 0 Å². The summed E-state index contributed by atoms with van der Waals surface area (Å²) in [4.78, 5) is 12.5. The van der Waals surface area contributed by atoms with Crippen LogP contribution in [0.2, 0.25) is 0 Å². The fourth-order valence-corrected chi connectivity index (χ4v) is 3.02. The number of ether oxygens (including phenoxy) is 4. The Kier molecular flexibility index (Phi) is 8.85. The van der Waals surface area contributed by atoms with E-state index in [1.165, 1.54) is 26.5 Å². The maximum Gasteiger partial charge on any atom is 0.271 e. The summed E-state index contributed by atoms with van der Waals surface area (Å²) in [5, 5.41) is 4.01. The molecule has 0 saturated carbocycles. The lowest BCUT2D eigenvalue weighted by Crippen LogP contribution is -2.17. The van der Waals surface area contributed by atoms with Crippen molar-refractivity contribution in [1.29, 1.82) is 0 Å². The number of carbonyl (C=O) groups is 1. The van der Waals surface area contributed by atoms with Gasteiger partial charge in [0.25, 0.3) is 5.91 Å². The second-order valence-corrected chi connectivity index (χ2v) is 7.20. The van der Waals surface area contributed by atoms with E-state index in [1.807, 2.05) is 6.92 Å². The maximum atomic E-state index is 13.8. The zero-order chi connectivity index (χ0) is 24.3. The monoisotopic (exact) mass is 466 g/mol. The SMILES string of the molecule is CCCOc1ccc(C(=O)N/N=C/c2ccc(OCc3ccccc3F)c(OC)c2)cc1OC. The minimum atomic E-state index is -0.395. The highest BCUT2D eigenvalue weighted by Gasteiger charge is 2.11. The third-order valence-corrected chi connectivity index (χ3v) is 4.80. The summed E-state index contributed by atoms with van der Waals surface area (Å²) >= 11 is 0. The minimum absolute atomic E-state index is 0.0677. The van der Waals surface area contributed by atoms with Gasteiger partial charge in [-0.1, -0.05) is 25.1 Å². The molecule has 1 amide bonds. The molecule has 0 fully saturated rings. The smallest absolute Gasteiger partial charge is 0.271 e. The van der Waals surface area contributed by atoms with Crippen LogP contribution in [0.25, 0.3) is 0 Å². The Balaban J connectivity index is 1.63. The van der Waals surface area contributed by atoms with E-state index in [0.29, 0.717) is 46.3 Å². The standard InChI is InChI=1S/C26H27FN2O5/c1-4-13-33-22-12-10-19(15-25(22)32-3)26(30)29-28-16-18-9-11-23(24(14-18)31-2)34-17-20-7-5-6-8-21(20)27/h5-12,14-16H,4,13,17H2,1-3H3,(H,29,30)/b28-16+. The molecule has 0 aliphatic carbocycles. The molecule has 0 atom stereocenters. The predicted octanol–water partition coefficient (Wildman–Crippen LogP) is 4.97. The summed E-state index contributed by atoms with van der Waals surface area (Å²) in [6, 6.07) is 16.5. The van der Waals surface area contributed by atoms with Gasteiger partial charge in [-0.2, -0.15) is 5.10 Å². The normalized spacial score (nSPS) is 10.7. The molecule has 3 rings (SSSR count). The van der Waals surface area contributed by atoms with E-state index in [1.54, 1.807) is 54.6 Å². The largest absolute Gasteiger partial charge is 0.493 e. The number of rotatable bonds is 11. The highest BCUT2D eigenvalue weighted by molar-refractivity contribution is 5.95. The van der Waals surface area contributed by atoms with Gasteiger partial charge in [0.2, 0.25) is 0 Å². The molecule has 3 aromatic carbocycles. The first-order valence-corrected chi connectivity index (χ1v) is 10.7. The molecule has 0 heterocycles. The molecular formula is C26H27FN2O5. The van der Waals surface area contributed by atoms with E-state index in [9.17, 15) is 9.18 Å². The number of hydrazone groups is 1. The van der Waals surface area contributed by atoms with Gasteiger partial charge in [0.15, 0.2) is 23.0 Å². The average Bonchev–Trinajstić information content (AvgIpc) is 2.87. The summed E-state index contributed by atoms with van der Waals surface area (Å²) < 4.78 is 35.8. The van der Waals surface area contributed by atoms with Crippen molar-refractivity contribution in [3.8, 4) is 23.0 Å². The van der Waals surface area contributed by atoms with Gasteiger partial charge in [-0.15, -0.1) is 0 Å². The Morgan fingerprint density at radius 1 is 0.941 bits per heavy atom. The number of amides is 1.